The van der Waals surface area contributed by atoms with Gasteiger partial charge >= 0.3 is 6.03 Å². The number of aliphatic imine (C=N–C) groups is 1. The maximum absolute atomic E-state index is 12.7. The summed E-state index contributed by atoms with van der Waals surface area (Å²) in [6.45, 7) is 4.09. The number of urea groups is 1. The molecule has 0 saturated carbocycles. The first kappa shape index (κ1) is 19.2. The minimum absolute atomic E-state index is 0.0608. The Morgan fingerprint density at radius 3 is 2.64 bits per heavy atom. The Morgan fingerprint density at radius 1 is 1.32 bits per heavy atom. The number of imide groups is 1. The highest BCUT2D eigenvalue weighted by molar-refractivity contribution is 6.07. The van der Waals surface area contributed by atoms with Crippen LogP contribution >= 0.6 is 0 Å². The van der Waals surface area contributed by atoms with Gasteiger partial charge in [-0.1, -0.05) is 17.3 Å². The Labute approximate surface area is 161 Å². The molecule has 1 fully saturated rings. The van der Waals surface area contributed by atoms with E-state index in [2.05, 4.69) is 10.1 Å². The molecule has 3 amide bonds. The first-order valence-corrected chi connectivity index (χ1v) is 8.64. The highest BCUT2D eigenvalue weighted by Gasteiger charge is 2.37. The second-order valence-electron chi connectivity index (χ2n) is 6.40. The molecule has 1 aromatic carbocycles. The van der Waals surface area contributed by atoms with Crippen molar-refractivity contribution in [3.05, 3.63) is 58.7 Å². The summed E-state index contributed by atoms with van der Waals surface area (Å²) < 4.78 is 5.09. The molecule has 9 nitrogen and oxygen atoms in total. The number of amides is 3. The van der Waals surface area contributed by atoms with Crippen molar-refractivity contribution in [1.82, 2.24) is 15.0 Å². The lowest BCUT2D eigenvalue weighted by molar-refractivity contribution is -0.123. The maximum atomic E-state index is 12.7. The summed E-state index contributed by atoms with van der Waals surface area (Å²) in [5.41, 5.74) is 8.22. The summed E-state index contributed by atoms with van der Waals surface area (Å²) in [6, 6.07) is 5.98. The molecule has 0 unspecified atom stereocenters. The van der Waals surface area contributed by atoms with Crippen molar-refractivity contribution in [1.29, 1.82) is 0 Å². The lowest BCUT2D eigenvalue weighted by Crippen LogP contribution is -2.33. The average Bonchev–Trinajstić information content (AvgIpc) is 3.13. The van der Waals surface area contributed by atoms with Gasteiger partial charge in [-0.15, -0.1) is 0 Å². The number of carbonyl (C=O) groups excluding carboxylic acids is 2. The van der Waals surface area contributed by atoms with Gasteiger partial charge in [0, 0.05) is 24.5 Å². The van der Waals surface area contributed by atoms with E-state index in [-0.39, 0.29) is 30.4 Å². The first-order chi connectivity index (χ1) is 13.4. The molecular weight excluding hydrogens is 362 g/mol. The van der Waals surface area contributed by atoms with Crippen molar-refractivity contribution in [2.24, 2.45) is 10.7 Å². The number of hydrogen-bond donors (Lipinski definition) is 2. The molecule has 9 heteroatoms. The number of rotatable bonds is 6. The molecule has 2 heterocycles. The fourth-order valence-corrected chi connectivity index (χ4v) is 2.88. The van der Waals surface area contributed by atoms with Gasteiger partial charge in [-0.05, 0) is 31.5 Å². The predicted molar refractivity (Wildman–Crippen MR) is 101 cm³/mol. The van der Waals surface area contributed by atoms with Crippen LogP contribution in [-0.4, -0.2) is 44.8 Å². The number of allylic oxidation sites excluding steroid dienone is 1. The SMILES string of the molecule is Cc1noc(C)c1CN=CC(=CN)N1C(=O)CN(Cc2ccc(O)cc2)C1=O. The summed E-state index contributed by atoms with van der Waals surface area (Å²) in [7, 11) is 0. The first-order valence-electron chi connectivity index (χ1n) is 8.64. The van der Waals surface area contributed by atoms with E-state index in [1.165, 1.54) is 29.4 Å². The van der Waals surface area contributed by atoms with Crippen LogP contribution in [0.1, 0.15) is 22.6 Å². The van der Waals surface area contributed by atoms with Gasteiger partial charge in [0.2, 0.25) is 0 Å². The van der Waals surface area contributed by atoms with Gasteiger partial charge in [0.25, 0.3) is 5.91 Å². The van der Waals surface area contributed by atoms with Crippen LogP contribution < -0.4 is 5.73 Å². The van der Waals surface area contributed by atoms with Gasteiger partial charge in [0.15, 0.2) is 0 Å². The van der Waals surface area contributed by atoms with Gasteiger partial charge in [-0.3, -0.25) is 9.79 Å². The van der Waals surface area contributed by atoms with Gasteiger partial charge in [-0.25, -0.2) is 9.69 Å². The number of benzene rings is 1. The number of phenols is 1. The molecule has 0 atom stereocenters. The summed E-state index contributed by atoms with van der Waals surface area (Å²) >= 11 is 0. The smallest absolute Gasteiger partial charge is 0.332 e. The average molecular weight is 383 g/mol. The molecule has 0 spiro atoms. The quantitative estimate of drug-likeness (QED) is 0.579. The van der Waals surface area contributed by atoms with Crippen molar-refractivity contribution in [2.45, 2.75) is 26.9 Å². The Kier molecular flexibility index (Phi) is 5.44. The topological polar surface area (TPSA) is 125 Å². The number of aryl methyl sites for hydroxylation is 2. The van der Waals surface area contributed by atoms with E-state index in [0.29, 0.717) is 12.3 Å². The molecule has 0 radical (unpaired) electrons. The lowest BCUT2D eigenvalue weighted by atomic mass is 10.2. The summed E-state index contributed by atoms with van der Waals surface area (Å²) in [4.78, 5) is 31.8. The van der Waals surface area contributed by atoms with Crippen LogP contribution in [0.4, 0.5) is 4.79 Å². The van der Waals surface area contributed by atoms with Crippen molar-refractivity contribution in [2.75, 3.05) is 6.54 Å². The molecule has 146 valence electrons. The molecule has 3 rings (SSSR count). The molecule has 1 aliphatic heterocycles. The zero-order chi connectivity index (χ0) is 20.3. The van der Waals surface area contributed by atoms with Crippen molar-refractivity contribution in [3.8, 4) is 5.75 Å². The fraction of sp³-hybridized carbons (Fsp3) is 0.263. The molecule has 28 heavy (non-hydrogen) atoms. The number of nitrogens with two attached hydrogens (primary N) is 1. The van der Waals surface area contributed by atoms with Gasteiger partial charge in [0.05, 0.1) is 17.9 Å². The number of phenolic OH excluding ortho intramolecular Hbond substituents is 1. The minimum atomic E-state index is -0.474. The molecule has 1 saturated heterocycles. The standard InChI is InChI=1S/C19H21N5O4/c1-12-17(13(2)28-22-12)9-21-8-15(7-20)24-18(26)11-23(19(24)27)10-14-3-5-16(25)6-4-14/h3-8,25H,9-11,20H2,1-2H3. The third-order valence-corrected chi connectivity index (χ3v) is 4.43. The highest BCUT2D eigenvalue weighted by Crippen LogP contribution is 2.20. The van der Waals surface area contributed by atoms with Gasteiger partial charge in [-0.2, -0.15) is 0 Å². The Hall–Kier alpha value is -3.62. The van der Waals surface area contributed by atoms with Crippen LogP contribution in [0.5, 0.6) is 5.75 Å². The van der Waals surface area contributed by atoms with Gasteiger partial charge in [0.1, 0.15) is 18.1 Å². The summed E-state index contributed by atoms with van der Waals surface area (Å²) in [5.74, 6) is 0.419. The van der Waals surface area contributed by atoms with E-state index < -0.39 is 6.03 Å². The van der Waals surface area contributed by atoms with E-state index in [1.807, 2.05) is 6.92 Å². The van der Waals surface area contributed by atoms with E-state index in [1.54, 1.807) is 19.1 Å². The van der Waals surface area contributed by atoms with E-state index in [4.69, 9.17) is 10.3 Å². The van der Waals surface area contributed by atoms with Crippen LogP contribution in [-0.2, 0) is 17.9 Å². The Bertz CT molecular complexity index is 926. The molecule has 0 bridgehead atoms. The third kappa shape index (κ3) is 3.88. The van der Waals surface area contributed by atoms with Gasteiger partial charge < -0.3 is 20.3 Å². The Morgan fingerprint density at radius 2 is 2.04 bits per heavy atom. The monoisotopic (exact) mass is 383 g/mol. The van der Waals surface area contributed by atoms with Crippen molar-refractivity contribution >= 4 is 18.2 Å². The van der Waals surface area contributed by atoms with Crippen LogP contribution in [0.3, 0.4) is 0 Å². The van der Waals surface area contributed by atoms with E-state index >= 15 is 0 Å². The highest BCUT2D eigenvalue weighted by atomic mass is 16.5. The molecule has 1 aliphatic rings. The Balaban J connectivity index is 1.70. The minimum Gasteiger partial charge on any atom is -0.508 e. The number of carbonyl (C=O) groups is 2. The zero-order valence-electron chi connectivity index (χ0n) is 15.6. The third-order valence-electron chi connectivity index (χ3n) is 4.43. The lowest BCUT2D eigenvalue weighted by Gasteiger charge is -2.17. The fourth-order valence-electron chi connectivity index (χ4n) is 2.88. The van der Waals surface area contributed by atoms with Crippen molar-refractivity contribution in [3.63, 3.8) is 0 Å². The normalized spacial score (nSPS) is 15.3. The second kappa shape index (κ2) is 7.95. The number of hydrogen-bond acceptors (Lipinski definition) is 7. The van der Waals surface area contributed by atoms with Crippen molar-refractivity contribution < 1.29 is 19.2 Å². The van der Waals surface area contributed by atoms with Crippen LogP contribution in [0.25, 0.3) is 0 Å². The second-order valence-corrected chi connectivity index (χ2v) is 6.40. The molecule has 3 N–H and O–H groups in total. The summed E-state index contributed by atoms with van der Waals surface area (Å²) in [6.07, 6.45) is 2.57. The zero-order valence-corrected chi connectivity index (χ0v) is 15.6. The molecule has 1 aromatic heterocycles. The van der Waals surface area contributed by atoms with Crippen LogP contribution in [0.15, 0.2) is 45.7 Å². The largest absolute Gasteiger partial charge is 0.508 e. The molecule has 0 aliphatic carbocycles. The van der Waals surface area contributed by atoms with Crippen LogP contribution in [0.2, 0.25) is 0 Å². The molecule has 2 aromatic rings. The molecular formula is C19H21N5O4. The summed E-state index contributed by atoms with van der Waals surface area (Å²) in [5, 5.41) is 13.2. The predicted octanol–water partition coefficient (Wildman–Crippen LogP) is 1.83. The number of nitrogens with zero attached hydrogens (tertiary/aromatic N) is 4. The maximum Gasteiger partial charge on any atom is 0.332 e. The number of aromatic hydroxyl groups is 1. The van der Waals surface area contributed by atoms with Crippen LogP contribution in [0, 0.1) is 13.8 Å². The van der Waals surface area contributed by atoms with E-state index in [0.717, 1.165) is 21.7 Å². The number of aromatic nitrogens is 1. The van der Waals surface area contributed by atoms with E-state index in [9.17, 15) is 14.7 Å².